The summed E-state index contributed by atoms with van der Waals surface area (Å²) in [7, 11) is 0. The van der Waals surface area contributed by atoms with Crippen LogP contribution in [0, 0.1) is 0 Å². The quantitative estimate of drug-likeness (QED) is 0.688. The van der Waals surface area contributed by atoms with Gasteiger partial charge in [0.1, 0.15) is 6.20 Å². The van der Waals surface area contributed by atoms with Gasteiger partial charge in [0, 0.05) is 21.4 Å². The maximum absolute atomic E-state index is 11.9. The average Bonchev–Trinajstić information content (AvgIpc) is 2.58. The molecule has 0 amide bonds. The minimum absolute atomic E-state index is 0.387. The van der Waals surface area contributed by atoms with Gasteiger partial charge >= 0.3 is 5.69 Å². The molecule has 5 nitrogen and oxygen atoms in total. The van der Waals surface area contributed by atoms with Crippen molar-refractivity contribution in [3.8, 4) is 5.69 Å². The highest BCUT2D eigenvalue weighted by Crippen LogP contribution is 2.30. The van der Waals surface area contributed by atoms with Crippen LogP contribution in [0.5, 0.6) is 0 Å². The van der Waals surface area contributed by atoms with Crippen LogP contribution in [0.3, 0.4) is 0 Å². The summed E-state index contributed by atoms with van der Waals surface area (Å²) in [6.45, 7) is 0. The van der Waals surface area contributed by atoms with E-state index in [1.807, 2.05) is 30.5 Å². The third kappa shape index (κ3) is 3.98. The van der Waals surface area contributed by atoms with E-state index >= 15 is 0 Å². The molecular formula is C17H13Cl2N3O2S. The molecule has 3 aromatic rings. The standard InChI is InChI=1S/C17H13Cl2N3O2S/c1-25-12-4-2-10(3-5-12)6-13-14(18)7-11(8-15(13)19)22-17(24)21-16(23)9-20-22/h2-5,7-9H,6H2,1H3,(H,21,23,24). The number of aromatic nitrogens is 3. The molecule has 0 radical (unpaired) electrons. The zero-order chi connectivity index (χ0) is 18.0. The molecule has 2 aromatic carbocycles. The maximum Gasteiger partial charge on any atom is 0.349 e. The SMILES string of the molecule is CSc1ccc(Cc2c(Cl)cc(-n3ncc(=O)[nH]c3=O)cc2Cl)cc1. The third-order valence-electron chi connectivity index (χ3n) is 3.62. The first-order valence-electron chi connectivity index (χ1n) is 7.28. The summed E-state index contributed by atoms with van der Waals surface area (Å²) in [6, 6.07) is 11.3. The van der Waals surface area contributed by atoms with Crippen LogP contribution in [0.4, 0.5) is 0 Å². The van der Waals surface area contributed by atoms with Crippen molar-refractivity contribution in [2.24, 2.45) is 0 Å². The molecule has 128 valence electrons. The fourth-order valence-electron chi connectivity index (χ4n) is 2.37. The summed E-state index contributed by atoms with van der Waals surface area (Å²) in [6.07, 6.45) is 3.61. The molecule has 0 unspecified atom stereocenters. The number of nitrogens with one attached hydrogen (secondary N) is 1. The molecule has 0 fully saturated rings. The van der Waals surface area contributed by atoms with Gasteiger partial charge in [-0.2, -0.15) is 9.78 Å². The largest absolute Gasteiger partial charge is 0.349 e. The van der Waals surface area contributed by atoms with Crippen molar-refractivity contribution in [1.29, 1.82) is 0 Å². The highest BCUT2D eigenvalue weighted by Gasteiger charge is 2.12. The maximum atomic E-state index is 11.9. The fourth-order valence-corrected chi connectivity index (χ4v) is 3.38. The molecule has 0 bridgehead atoms. The molecule has 0 aliphatic carbocycles. The van der Waals surface area contributed by atoms with Gasteiger partial charge in [-0.25, -0.2) is 4.79 Å². The molecule has 3 rings (SSSR count). The van der Waals surface area contributed by atoms with E-state index in [9.17, 15) is 9.59 Å². The van der Waals surface area contributed by atoms with Gasteiger partial charge in [-0.3, -0.25) is 9.78 Å². The van der Waals surface area contributed by atoms with Crippen molar-refractivity contribution in [1.82, 2.24) is 14.8 Å². The molecule has 1 aromatic heterocycles. The van der Waals surface area contributed by atoms with E-state index in [2.05, 4.69) is 10.1 Å². The Hall–Kier alpha value is -2.02. The molecule has 25 heavy (non-hydrogen) atoms. The predicted octanol–water partition coefficient (Wildman–Crippen LogP) is 3.54. The molecule has 0 aliphatic heterocycles. The Balaban J connectivity index is 1.97. The summed E-state index contributed by atoms with van der Waals surface area (Å²) < 4.78 is 1.04. The van der Waals surface area contributed by atoms with Gasteiger partial charge in [0.05, 0.1) is 5.69 Å². The van der Waals surface area contributed by atoms with Crippen molar-refractivity contribution in [2.75, 3.05) is 6.26 Å². The summed E-state index contributed by atoms with van der Waals surface area (Å²) in [4.78, 5) is 26.3. The Morgan fingerprint density at radius 3 is 2.32 bits per heavy atom. The molecule has 1 N–H and O–H groups in total. The van der Waals surface area contributed by atoms with E-state index in [-0.39, 0.29) is 0 Å². The molecule has 1 heterocycles. The Morgan fingerprint density at radius 2 is 1.76 bits per heavy atom. The smallest absolute Gasteiger partial charge is 0.271 e. The lowest BCUT2D eigenvalue weighted by Gasteiger charge is -2.11. The molecule has 0 atom stereocenters. The zero-order valence-electron chi connectivity index (χ0n) is 13.1. The highest BCUT2D eigenvalue weighted by atomic mass is 35.5. The van der Waals surface area contributed by atoms with Crippen LogP contribution in [0.15, 0.2) is 57.1 Å². The van der Waals surface area contributed by atoms with Crippen molar-refractivity contribution in [2.45, 2.75) is 11.3 Å². The lowest BCUT2D eigenvalue weighted by atomic mass is 10.0. The first-order valence-corrected chi connectivity index (χ1v) is 9.26. The Morgan fingerprint density at radius 1 is 1.12 bits per heavy atom. The monoisotopic (exact) mass is 393 g/mol. The number of H-pyrrole nitrogens is 1. The van der Waals surface area contributed by atoms with Crippen LogP contribution >= 0.6 is 35.0 Å². The minimum Gasteiger partial charge on any atom is -0.271 e. The van der Waals surface area contributed by atoms with Gasteiger partial charge in [0.25, 0.3) is 5.56 Å². The highest BCUT2D eigenvalue weighted by molar-refractivity contribution is 7.98. The van der Waals surface area contributed by atoms with E-state index in [1.165, 1.54) is 4.90 Å². The molecule has 8 heteroatoms. The first kappa shape index (κ1) is 17.8. The summed E-state index contributed by atoms with van der Waals surface area (Å²) >= 11 is 14.4. The molecular weight excluding hydrogens is 381 g/mol. The second-order valence-electron chi connectivity index (χ2n) is 5.26. The van der Waals surface area contributed by atoms with E-state index < -0.39 is 11.2 Å². The molecule has 0 saturated carbocycles. The number of benzene rings is 2. The Labute approximate surface area is 157 Å². The van der Waals surface area contributed by atoms with Gasteiger partial charge in [-0.05, 0) is 41.6 Å². The zero-order valence-corrected chi connectivity index (χ0v) is 15.5. The van der Waals surface area contributed by atoms with Gasteiger partial charge in [0.15, 0.2) is 0 Å². The predicted molar refractivity (Wildman–Crippen MR) is 102 cm³/mol. The van der Waals surface area contributed by atoms with Gasteiger partial charge in [-0.1, -0.05) is 35.3 Å². The van der Waals surface area contributed by atoms with Gasteiger partial charge in [0.2, 0.25) is 0 Å². The van der Waals surface area contributed by atoms with Crippen LogP contribution in [0.1, 0.15) is 11.1 Å². The lowest BCUT2D eigenvalue weighted by molar-refractivity contribution is 0.749. The number of aromatic amines is 1. The average molecular weight is 394 g/mol. The first-order chi connectivity index (χ1) is 12.0. The number of nitrogens with zero attached hydrogens (tertiary/aromatic N) is 2. The summed E-state index contributed by atoms with van der Waals surface area (Å²) in [5.41, 5.74) is 1.01. The van der Waals surface area contributed by atoms with Crippen molar-refractivity contribution < 1.29 is 0 Å². The third-order valence-corrected chi connectivity index (χ3v) is 5.04. The van der Waals surface area contributed by atoms with E-state index in [0.29, 0.717) is 22.2 Å². The van der Waals surface area contributed by atoms with E-state index in [4.69, 9.17) is 23.2 Å². The van der Waals surface area contributed by atoms with Crippen LogP contribution in [0.25, 0.3) is 5.69 Å². The Kier molecular flexibility index (Phi) is 5.32. The van der Waals surface area contributed by atoms with E-state index in [0.717, 1.165) is 22.0 Å². The number of thioether (sulfide) groups is 1. The number of hydrogen-bond acceptors (Lipinski definition) is 4. The van der Waals surface area contributed by atoms with Crippen LogP contribution in [-0.4, -0.2) is 21.0 Å². The Bertz CT molecular complexity index is 1010. The number of halogens is 2. The normalized spacial score (nSPS) is 10.8. The van der Waals surface area contributed by atoms with Crippen molar-refractivity contribution in [3.63, 3.8) is 0 Å². The summed E-state index contributed by atoms with van der Waals surface area (Å²) in [5, 5.41) is 4.66. The van der Waals surface area contributed by atoms with Crippen LogP contribution in [-0.2, 0) is 6.42 Å². The van der Waals surface area contributed by atoms with E-state index in [1.54, 1.807) is 23.9 Å². The lowest BCUT2D eigenvalue weighted by Crippen LogP contribution is -2.30. The number of hydrogen-bond donors (Lipinski definition) is 1. The second kappa shape index (κ2) is 7.47. The second-order valence-corrected chi connectivity index (χ2v) is 6.96. The molecule has 0 saturated heterocycles. The fraction of sp³-hybridized carbons (Fsp3) is 0.118. The topological polar surface area (TPSA) is 67.8 Å². The number of rotatable bonds is 4. The minimum atomic E-state index is -0.653. The molecule has 0 aliphatic rings. The van der Waals surface area contributed by atoms with Gasteiger partial charge in [-0.15, -0.1) is 11.8 Å². The van der Waals surface area contributed by atoms with Crippen LogP contribution < -0.4 is 11.2 Å². The molecule has 0 spiro atoms. The van der Waals surface area contributed by atoms with Crippen molar-refractivity contribution in [3.05, 3.63) is 84.6 Å². The van der Waals surface area contributed by atoms with Crippen LogP contribution in [0.2, 0.25) is 10.0 Å². The van der Waals surface area contributed by atoms with Gasteiger partial charge < -0.3 is 0 Å². The summed E-state index contributed by atoms with van der Waals surface area (Å²) in [5.74, 6) is 0. The van der Waals surface area contributed by atoms with Crippen molar-refractivity contribution >= 4 is 35.0 Å².